The maximum atomic E-state index is 10.2. The number of carbonyl (C=O) groups excluding carboxylic acids is 1. The van der Waals surface area contributed by atoms with Gasteiger partial charge in [-0.2, -0.15) is 5.10 Å². The van der Waals surface area contributed by atoms with Crippen LogP contribution < -0.4 is 11.2 Å². The van der Waals surface area contributed by atoms with Gasteiger partial charge in [0.1, 0.15) is 0 Å². The number of nitrogens with zero attached hydrogens (tertiary/aromatic N) is 1. The number of thiocarbonyl (C=S) groups is 1. The predicted molar refractivity (Wildman–Crippen MR) is 39.1 cm³/mol. The van der Waals surface area contributed by atoms with Gasteiger partial charge in [-0.3, -0.25) is 10.2 Å². The summed E-state index contributed by atoms with van der Waals surface area (Å²) in [6.45, 7) is 1.38. The lowest BCUT2D eigenvalue weighted by atomic mass is 10.5. The smallest absolute Gasteiger partial charge is 0.184 e. The van der Waals surface area contributed by atoms with E-state index in [1.165, 1.54) is 6.92 Å². The topological polar surface area (TPSA) is 67.5 Å². The van der Waals surface area contributed by atoms with Crippen LogP contribution in [0.3, 0.4) is 0 Å². The molecule has 0 saturated carbocycles. The second kappa shape index (κ2) is 3.96. The largest absolute Gasteiger partial charge is 0.375 e. The van der Waals surface area contributed by atoms with Crippen LogP contribution in [0.15, 0.2) is 5.10 Å². The Kier molecular flexibility index (Phi) is 3.54. The molecule has 9 heavy (non-hydrogen) atoms. The minimum Gasteiger partial charge on any atom is -0.375 e. The van der Waals surface area contributed by atoms with Gasteiger partial charge in [0.15, 0.2) is 10.9 Å². The Morgan fingerprint density at radius 3 is 2.78 bits per heavy atom. The van der Waals surface area contributed by atoms with Gasteiger partial charge in [-0.15, -0.1) is 0 Å². The summed E-state index contributed by atoms with van der Waals surface area (Å²) < 4.78 is 0. The normalized spacial score (nSPS) is 9.44. The Balaban J connectivity index is 3.48. The van der Waals surface area contributed by atoms with Gasteiger partial charge in [0.25, 0.3) is 0 Å². The SMILES string of the molecule is CC(=O)C=NNC(N)=S. The third kappa shape index (κ3) is 7.03. The number of hydrogen-bond donors (Lipinski definition) is 2. The van der Waals surface area contributed by atoms with E-state index in [0.29, 0.717) is 0 Å². The maximum Gasteiger partial charge on any atom is 0.184 e. The van der Waals surface area contributed by atoms with Gasteiger partial charge in [0, 0.05) is 6.92 Å². The summed E-state index contributed by atoms with van der Waals surface area (Å²) in [4.78, 5) is 10.2. The summed E-state index contributed by atoms with van der Waals surface area (Å²) in [6, 6.07) is 0. The molecule has 0 bridgehead atoms. The molecule has 50 valence electrons. The second-order valence-electron chi connectivity index (χ2n) is 1.34. The molecule has 0 saturated heterocycles. The van der Waals surface area contributed by atoms with E-state index in [4.69, 9.17) is 5.73 Å². The van der Waals surface area contributed by atoms with E-state index in [9.17, 15) is 4.79 Å². The molecule has 0 aromatic heterocycles. The highest BCUT2D eigenvalue weighted by atomic mass is 32.1. The van der Waals surface area contributed by atoms with Crippen molar-refractivity contribution in [3.05, 3.63) is 0 Å². The van der Waals surface area contributed by atoms with E-state index in [1.54, 1.807) is 0 Å². The van der Waals surface area contributed by atoms with Gasteiger partial charge in [0.05, 0.1) is 6.21 Å². The van der Waals surface area contributed by atoms with Crippen molar-refractivity contribution in [2.45, 2.75) is 6.92 Å². The molecule has 0 fully saturated rings. The fraction of sp³-hybridized carbons (Fsp3) is 0.250. The molecular formula is C4H7N3OS. The van der Waals surface area contributed by atoms with Crippen LogP contribution in [0, 0.1) is 0 Å². The fourth-order valence-corrected chi connectivity index (χ4v) is 0.240. The van der Waals surface area contributed by atoms with Crippen molar-refractivity contribution in [1.29, 1.82) is 0 Å². The van der Waals surface area contributed by atoms with Crippen molar-refractivity contribution >= 4 is 29.3 Å². The molecule has 0 amide bonds. The Labute approximate surface area is 58.1 Å². The zero-order valence-electron chi connectivity index (χ0n) is 4.92. The van der Waals surface area contributed by atoms with Crippen molar-refractivity contribution in [2.24, 2.45) is 10.8 Å². The third-order valence-electron chi connectivity index (χ3n) is 0.421. The lowest BCUT2D eigenvalue weighted by molar-refractivity contribution is -0.110. The monoisotopic (exact) mass is 145 g/mol. The lowest BCUT2D eigenvalue weighted by Gasteiger charge is -1.89. The molecule has 0 rings (SSSR count). The first-order valence-electron chi connectivity index (χ1n) is 2.22. The molecule has 0 aromatic rings. The number of nitrogens with two attached hydrogens (primary N) is 1. The fourth-order valence-electron chi connectivity index (χ4n) is 0.187. The number of nitrogens with one attached hydrogen (secondary N) is 1. The zero-order chi connectivity index (χ0) is 7.28. The van der Waals surface area contributed by atoms with E-state index in [0.717, 1.165) is 6.21 Å². The molecule has 4 nitrogen and oxygen atoms in total. The molecule has 0 aliphatic carbocycles. The molecule has 0 heterocycles. The molecule has 3 N–H and O–H groups in total. The van der Waals surface area contributed by atoms with Crippen LogP contribution >= 0.6 is 12.2 Å². The first-order chi connectivity index (χ1) is 4.13. The summed E-state index contributed by atoms with van der Waals surface area (Å²) in [5.74, 6) is -0.154. The number of hydrogen-bond acceptors (Lipinski definition) is 3. The average Bonchev–Trinajstić information content (AvgIpc) is 1.63. The summed E-state index contributed by atoms with van der Waals surface area (Å²) in [5, 5.41) is 3.43. The number of ketones is 1. The van der Waals surface area contributed by atoms with Crippen molar-refractivity contribution in [1.82, 2.24) is 5.43 Å². The molecule has 0 radical (unpaired) electrons. The maximum absolute atomic E-state index is 10.2. The molecule has 0 aromatic carbocycles. The first kappa shape index (κ1) is 8.03. The Morgan fingerprint density at radius 2 is 2.44 bits per heavy atom. The van der Waals surface area contributed by atoms with Crippen molar-refractivity contribution in [3.63, 3.8) is 0 Å². The zero-order valence-corrected chi connectivity index (χ0v) is 5.73. The van der Waals surface area contributed by atoms with E-state index < -0.39 is 0 Å². The van der Waals surface area contributed by atoms with E-state index in [2.05, 4.69) is 22.7 Å². The highest BCUT2D eigenvalue weighted by molar-refractivity contribution is 7.80. The van der Waals surface area contributed by atoms with E-state index in [1.807, 2.05) is 0 Å². The first-order valence-corrected chi connectivity index (χ1v) is 2.63. The van der Waals surface area contributed by atoms with E-state index >= 15 is 0 Å². The molecule has 5 heteroatoms. The Bertz CT molecular complexity index is 154. The van der Waals surface area contributed by atoms with E-state index in [-0.39, 0.29) is 10.9 Å². The molecular weight excluding hydrogens is 138 g/mol. The highest BCUT2D eigenvalue weighted by Crippen LogP contribution is 1.61. The average molecular weight is 145 g/mol. The molecule has 0 spiro atoms. The highest BCUT2D eigenvalue weighted by Gasteiger charge is 1.81. The minimum absolute atomic E-state index is 0.0486. The summed E-state index contributed by atoms with van der Waals surface area (Å²) >= 11 is 4.39. The summed E-state index contributed by atoms with van der Waals surface area (Å²) in [6.07, 6.45) is 1.10. The van der Waals surface area contributed by atoms with Gasteiger partial charge in [0.2, 0.25) is 0 Å². The van der Waals surface area contributed by atoms with Crippen LogP contribution in [0.2, 0.25) is 0 Å². The number of rotatable bonds is 2. The van der Waals surface area contributed by atoms with Crippen LogP contribution in [-0.2, 0) is 4.79 Å². The standard InChI is InChI=1S/C4H7N3OS/c1-3(8)2-6-7-4(5)9/h2H,1H3,(H3,5,7,9). The van der Waals surface area contributed by atoms with Crippen molar-refractivity contribution < 1.29 is 4.79 Å². The minimum atomic E-state index is -0.154. The van der Waals surface area contributed by atoms with Gasteiger partial charge in [-0.1, -0.05) is 0 Å². The van der Waals surface area contributed by atoms with Gasteiger partial charge in [-0.25, -0.2) is 0 Å². The van der Waals surface area contributed by atoms with Crippen LogP contribution in [-0.4, -0.2) is 17.1 Å². The van der Waals surface area contributed by atoms with Gasteiger partial charge >= 0.3 is 0 Å². The van der Waals surface area contributed by atoms with Crippen LogP contribution in [0.5, 0.6) is 0 Å². The van der Waals surface area contributed by atoms with Crippen molar-refractivity contribution in [2.75, 3.05) is 0 Å². The predicted octanol–water partition coefficient (Wildman–Crippen LogP) is -0.606. The number of carbonyl (C=O) groups is 1. The third-order valence-corrected chi connectivity index (χ3v) is 0.512. The second-order valence-corrected chi connectivity index (χ2v) is 1.78. The van der Waals surface area contributed by atoms with Crippen molar-refractivity contribution in [3.8, 4) is 0 Å². The molecule has 0 aliphatic rings. The van der Waals surface area contributed by atoms with Crippen LogP contribution in [0.1, 0.15) is 6.92 Å². The summed E-state index contributed by atoms with van der Waals surface area (Å²) in [7, 11) is 0. The van der Waals surface area contributed by atoms with Crippen LogP contribution in [0.25, 0.3) is 0 Å². The van der Waals surface area contributed by atoms with Crippen LogP contribution in [0.4, 0.5) is 0 Å². The van der Waals surface area contributed by atoms with Gasteiger partial charge in [-0.05, 0) is 12.2 Å². The summed E-state index contributed by atoms with van der Waals surface area (Å²) in [5.41, 5.74) is 7.21. The quantitative estimate of drug-likeness (QED) is 0.309. The lowest BCUT2D eigenvalue weighted by Crippen LogP contribution is -2.24. The molecule has 0 atom stereocenters. The molecule has 0 aliphatic heterocycles. The number of Topliss-reactive ketones (excluding diaryl/α,β-unsaturated/α-hetero) is 1. The number of hydrazone groups is 1. The Morgan fingerprint density at radius 1 is 1.89 bits per heavy atom. The Hall–Kier alpha value is -0.970. The molecule has 0 unspecified atom stereocenters. The van der Waals surface area contributed by atoms with Gasteiger partial charge < -0.3 is 5.73 Å².